The standard InChI is InChI=1S/C12H18N4O3/c1-19-12(18)11-9(13)6-16(15-11)7-10(17)14-8-4-2-3-5-8/h6,8H,2-5,7,13H2,1H3,(H,14,17). The van der Waals surface area contributed by atoms with E-state index in [1.165, 1.54) is 18.0 Å². The van der Waals surface area contributed by atoms with Crippen molar-refractivity contribution in [1.82, 2.24) is 15.1 Å². The molecule has 19 heavy (non-hydrogen) atoms. The van der Waals surface area contributed by atoms with Crippen molar-refractivity contribution in [2.45, 2.75) is 38.3 Å². The van der Waals surface area contributed by atoms with Gasteiger partial charge in [0.15, 0.2) is 5.69 Å². The number of hydrogen-bond acceptors (Lipinski definition) is 5. The number of amides is 1. The van der Waals surface area contributed by atoms with Gasteiger partial charge in [0.25, 0.3) is 0 Å². The Morgan fingerprint density at radius 3 is 2.84 bits per heavy atom. The van der Waals surface area contributed by atoms with Gasteiger partial charge < -0.3 is 15.8 Å². The molecule has 1 aromatic heterocycles. The lowest BCUT2D eigenvalue weighted by Crippen LogP contribution is -2.35. The molecule has 2 rings (SSSR count). The van der Waals surface area contributed by atoms with Gasteiger partial charge in [0.1, 0.15) is 6.54 Å². The van der Waals surface area contributed by atoms with E-state index in [9.17, 15) is 9.59 Å². The molecule has 1 heterocycles. The highest BCUT2D eigenvalue weighted by atomic mass is 16.5. The Hall–Kier alpha value is -2.05. The summed E-state index contributed by atoms with van der Waals surface area (Å²) in [6, 6.07) is 0.264. The molecule has 3 N–H and O–H groups in total. The number of nitrogen functional groups attached to an aromatic ring is 1. The number of rotatable bonds is 4. The van der Waals surface area contributed by atoms with Crippen LogP contribution in [0.2, 0.25) is 0 Å². The van der Waals surface area contributed by atoms with Crippen molar-refractivity contribution in [3.8, 4) is 0 Å². The highest BCUT2D eigenvalue weighted by Gasteiger charge is 2.19. The smallest absolute Gasteiger partial charge is 0.360 e. The summed E-state index contributed by atoms with van der Waals surface area (Å²) < 4.78 is 5.90. The molecule has 0 spiro atoms. The number of carbonyl (C=O) groups is 2. The van der Waals surface area contributed by atoms with Gasteiger partial charge in [-0.25, -0.2) is 4.79 Å². The van der Waals surface area contributed by atoms with Crippen molar-refractivity contribution in [3.05, 3.63) is 11.9 Å². The molecule has 0 aliphatic heterocycles. The second-order valence-electron chi connectivity index (χ2n) is 4.67. The molecular weight excluding hydrogens is 248 g/mol. The van der Waals surface area contributed by atoms with Gasteiger partial charge in [0.2, 0.25) is 5.91 Å². The number of aromatic nitrogens is 2. The van der Waals surface area contributed by atoms with Gasteiger partial charge in [0.05, 0.1) is 12.8 Å². The molecule has 7 nitrogen and oxygen atoms in total. The minimum absolute atomic E-state index is 0.0381. The molecule has 1 amide bonds. The van der Waals surface area contributed by atoms with E-state index in [2.05, 4.69) is 15.2 Å². The minimum Gasteiger partial charge on any atom is -0.464 e. The molecule has 0 aromatic carbocycles. The Kier molecular flexibility index (Phi) is 4.03. The van der Waals surface area contributed by atoms with Crippen molar-refractivity contribution in [3.63, 3.8) is 0 Å². The third-order valence-electron chi connectivity index (χ3n) is 3.19. The van der Waals surface area contributed by atoms with Crippen LogP contribution in [0.3, 0.4) is 0 Å². The monoisotopic (exact) mass is 266 g/mol. The highest BCUT2D eigenvalue weighted by molar-refractivity contribution is 5.92. The fourth-order valence-corrected chi connectivity index (χ4v) is 2.26. The summed E-state index contributed by atoms with van der Waals surface area (Å²) in [7, 11) is 1.26. The number of anilines is 1. The quantitative estimate of drug-likeness (QED) is 0.764. The zero-order valence-corrected chi connectivity index (χ0v) is 10.9. The summed E-state index contributed by atoms with van der Waals surface area (Å²) in [5.41, 5.74) is 5.89. The maximum Gasteiger partial charge on any atom is 0.360 e. The summed E-state index contributed by atoms with van der Waals surface area (Å²) in [6.07, 6.45) is 5.83. The van der Waals surface area contributed by atoms with Gasteiger partial charge in [-0.05, 0) is 12.8 Å². The summed E-state index contributed by atoms with van der Waals surface area (Å²) >= 11 is 0. The van der Waals surface area contributed by atoms with Crippen LogP contribution in [-0.2, 0) is 16.1 Å². The predicted octanol–water partition coefficient (Wildman–Crippen LogP) is 0.311. The number of nitrogens with zero attached hydrogens (tertiary/aromatic N) is 2. The number of nitrogens with one attached hydrogen (secondary N) is 1. The van der Waals surface area contributed by atoms with Crippen LogP contribution in [-0.4, -0.2) is 34.8 Å². The second kappa shape index (κ2) is 5.73. The van der Waals surface area contributed by atoms with Crippen molar-refractivity contribution < 1.29 is 14.3 Å². The van der Waals surface area contributed by atoms with Gasteiger partial charge in [-0.2, -0.15) is 5.10 Å². The average Bonchev–Trinajstić information content (AvgIpc) is 2.98. The molecule has 1 aliphatic carbocycles. The van der Waals surface area contributed by atoms with Crippen LogP contribution < -0.4 is 11.1 Å². The topological polar surface area (TPSA) is 99.2 Å². The van der Waals surface area contributed by atoms with E-state index in [0.29, 0.717) is 0 Å². The zero-order chi connectivity index (χ0) is 13.8. The third-order valence-corrected chi connectivity index (χ3v) is 3.19. The van der Waals surface area contributed by atoms with Crippen LogP contribution in [0, 0.1) is 0 Å². The number of carbonyl (C=O) groups excluding carboxylic acids is 2. The molecule has 1 aromatic rings. The van der Waals surface area contributed by atoms with Gasteiger partial charge in [-0.3, -0.25) is 9.48 Å². The van der Waals surface area contributed by atoms with Gasteiger partial charge in [0, 0.05) is 12.2 Å². The van der Waals surface area contributed by atoms with Gasteiger partial charge in [-0.1, -0.05) is 12.8 Å². The summed E-state index contributed by atoms with van der Waals surface area (Å²) in [6.45, 7) is 0.0533. The van der Waals surface area contributed by atoms with Crippen LogP contribution in [0.15, 0.2) is 6.20 Å². The molecule has 1 fully saturated rings. The highest BCUT2D eigenvalue weighted by Crippen LogP contribution is 2.17. The first-order valence-electron chi connectivity index (χ1n) is 6.30. The predicted molar refractivity (Wildman–Crippen MR) is 68.4 cm³/mol. The second-order valence-corrected chi connectivity index (χ2v) is 4.67. The maximum absolute atomic E-state index is 11.8. The Bertz CT molecular complexity index is 477. The molecule has 7 heteroatoms. The van der Waals surface area contributed by atoms with Crippen LogP contribution >= 0.6 is 0 Å². The SMILES string of the molecule is COC(=O)c1nn(CC(=O)NC2CCCC2)cc1N. The Balaban J connectivity index is 1.95. The lowest BCUT2D eigenvalue weighted by molar-refractivity contribution is -0.122. The molecular formula is C12H18N4O3. The lowest BCUT2D eigenvalue weighted by atomic mass is 10.2. The van der Waals surface area contributed by atoms with Gasteiger partial charge >= 0.3 is 5.97 Å². The van der Waals surface area contributed by atoms with E-state index in [0.717, 1.165) is 25.7 Å². The van der Waals surface area contributed by atoms with Crippen molar-refractivity contribution >= 4 is 17.6 Å². The molecule has 0 atom stereocenters. The van der Waals surface area contributed by atoms with Crippen molar-refractivity contribution in [1.29, 1.82) is 0 Å². The van der Waals surface area contributed by atoms with Crippen LogP contribution in [0.25, 0.3) is 0 Å². The minimum atomic E-state index is -0.604. The first-order chi connectivity index (χ1) is 9.10. The lowest BCUT2D eigenvalue weighted by Gasteiger charge is -2.11. The summed E-state index contributed by atoms with van der Waals surface area (Å²) in [4.78, 5) is 23.1. The van der Waals surface area contributed by atoms with Crippen LogP contribution in [0.4, 0.5) is 5.69 Å². The first kappa shape index (κ1) is 13.4. The molecule has 0 saturated heterocycles. The van der Waals surface area contributed by atoms with E-state index in [-0.39, 0.29) is 29.9 Å². The number of ether oxygens (including phenoxy) is 1. The normalized spacial score (nSPS) is 15.4. The molecule has 0 unspecified atom stereocenters. The molecule has 1 saturated carbocycles. The first-order valence-corrected chi connectivity index (χ1v) is 6.30. The number of nitrogens with two attached hydrogens (primary N) is 1. The van der Waals surface area contributed by atoms with E-state index < -0.39 is 5.97 Å². The summed E-state index contributed by atoms with van der Waals surface area (Å²) in [5, 5.41) is 6.89. The number of esters is 1. The largest absolute Gasteiger partial charge is 0.464 e. The zero-order valence-electron chi connectivity index (χ0n) is 10.9. The molecule has 0 radical (unpaired) electrons. The number of methoxy groups -OCH3 is 1. The average molecular weight is 266 g/mol. The molecule has 104 valence electrons. The maximum atomic E-state index is 11.8. The van der Waals surface area contributed by atoms with E-state index in [1.54, 1.807) is 0 Å². The Labute approximate surface area is 111 Å². The third kappa shape index (κ3) is 3.24. The van der Waals surface area contributed by atoms with Crippen molar-refractivity contribution in [2.24, 2.45) is 0 Å². The number of hydrogen-bond donors (Lipinski definition) is 2. The fraction of sp³-hybridized carbons (Fsp3) is 0.583. The van der Waals surface area contributed by atoms with Crippen LogP contribution in [0.5, 0.6) is 0 Å². The molecule has 1 aliphatic rings. The summed E-state index contributed by atoms with van der Waals surface area (Å²) in [5.74, 6) is -0.724. The van der Waals surface area contributed by atoms with E-state index in [1.807, 2.05) is 0 Å². The Morgan fingerprint density at radius 1 is 1.53 bits per heavy atom. The molecule has 0 bridgehead atoms. The van der Waals surface area contributed by atoms with Gasteiger partial charge in [-0.15, -0.1) is 0 Å². The fourth-order valence-electron chi connectivity index (χ4n) is 2.26. The van der Waals surface area contributed by atoms with E-state index in [4.69, 9.17) is 5.73 Å². The van der Waals surface area contributed by atoms with Crippen molar-refractivity contribution in [2.75, 3.05) is 12.8 Å². The van der Waals surface area contributed by atoms with Crippen LogP contribution in [0.1, 0.15) is 36.2 Å². The Morgan fingerprint density at radius 2 is 2.21 bits per heavy atom. The van der Waals surface area contributed by atoms with E-state index >= 15 is 0 Å².